The van der Waals surface area contributed by atoms with Crippen molar-refractivity contribution in [1.29, 1.82) is 0 Å². The molecule has 0 saturated carbocycles. The van der Waals surface area contributed by atoms with Crippen molar-refractivity contribution >= 4 is 17.2 Å². The first-order valence-electron chi connectivity index (χ1n) is 2.68. The first-order chi connectivity index (χ1) is 4.88. The molecule has 2 rings (SSSR count). The van der Waals surface area contributed by atoms with Crippen LogP contribution in [-0.4, -0.2) is 19.6 Å². The van der Waals surface area contributed by atoms with E-state index in [1.165, 1.54) is 10.8 Å². The van der Waals surface area contributed by atoms with Gasteiger partial charge in [0.05, 0.1) is 6.20 Å². The lowest BCUT2D eigenvalue weighted by Gasteiger charge is -1.90. The normalized spacial score (nSPS) is 10.5. The van der Waals surface area contributed by atoms with Gasteiger partial charge in [-0.3, -0.25) is 0 Å². The average molecular weight is 155 g/mol. The molecule has 0 unspecified atom stereocenters. The summed E-state index contributed by atoms with van der Waals surface area (Å²) in [7, 11) is 0. The average Bonchev–Trinajstić information content (AvgIpc) is 2.36. The van der Waals surface area contributed by atoms with Gasteiger partial charge in [0.1, 0.15) is 6.33 Å². The standard InChI is InChI=1S/C5H3ClN4/c6-5-8-3-7-4-1-2-9-10(4)5/h1-3H. The van der Waals surface area contributed by atoms with E-state index >= 15 is 0 Å². The molecule has 0 aliphatic rings. The van der Waals surface area contributed by atoms with Gasteiger partial charge in [-0.2, -0.15) is 9.61 Å². The minimum Gasteiger partial charge on any atom is -0.217 e. The molecule has 2 heterocycles. The lowest BCUT2D eigenvalue weighted by atomic mass is 10.7. The van der Waals surface area contributed by atoms with Crippen LogP contribution in [0.15, 0.2) is 18.6 Å². The molecule has 0 amide bonds. The number of halogens is 1. The summed E-state index contributed by atoms with van der Waals surface area (Å²) in [5.41, 5.74) is 0.708. The van der Waals surface area contributed by atoms with Crippen LogP contribution in [0.25, 0.3) is 5.65 Å². The van der Waals surface area contributed by atoms with Crippen molar-refractivity contribution in [1.82, 2.24) is 19.6 Å². The molecule has 2 aromatic rings. The van der Waals surface area contributed by atoms with Gasteiger partial charge in [-0.1, -0.05) is 0 Å². The lowest BCUT2D eigenvalue weighted by molar-refractivity contribution is 0.892. The number of hydrogen-bond acceptors (Lipinski definition) is 3. The van der Waals surface area contributed by atoms with E-state index in [-0.39, 0.29) is 0 Å². The molecule has 0 radical (unpaired) electrons. The predicted octanol–water partition coefficient (Wildman–Crippen LogP) is 0.778. The third kappa shape index (κ3) is 0.657. The van der Waals surface area contributed by atoms with E-state index in [9.17, 15) is 0 Å². The minimum absolute atomic E-state index is 0.329. The molecule has 0 fully saturated rings. The van der Waals surface area contributed by atoms with E-state index in [4.69, 9.17) is 11.6 Å². The van der Waals surface area contributed by atoms with Gasteiger partial charge >= 0.3 is 0 Å². The zero-order chi connectivity index (χ0) is 6.97. The Bertz CT molecular complexity index is 355. The molecule has 50 valence electrons. The first kappa shape index (κ1) is 5.61. The van der Waals surface area contributed by atoms with Crippen molar-refractivity contribution in [3.8, 4) is 0 Å². The second kappa shape index (κ2) is 1.91. The van der Waals surface area contributed by atoms with Crippen LogP contribution in [0, 0.1) is 0 Å². The van der Waals surface area contributed by atoms with Crippen LogP contribution >= 0.6 is 11.6 Å². The Hall–Kier alpha value is -1.16. The molecule has 0 aliphatic carbocycles. The zero-order valence-corrected chi connectivity index (χ0v) is 5.65. The summed E-state index contributed by atoms with van der Waals surface area (Å²) in [6.07, 6.45) is 3.02. The quantitative estimate of drug-likeness (QED) is 0.563. The largest absolute Gasteiger partial charge is 0.227 e. The van der Waals surface area contributed by atoms with E-state index in [2.05, 4.69) is 15.1 Å². The maximum atomic E-state index is 5.65. The van der Waals surface area contributed by atoms with Crippen LogP contribution in [-0.2, 0) is 0 Å². The summed E-state index contributed by atoms with van der Waals surface area (Å²) in [4.78, 5) is 7.64. The van der Waals surface area contributed by atoms with Gasteiger partial charge in [0.2, 0.25) is 5.28 Å². The molecule has 5 heteroatoms. The third-order valence-corrected chi connectivity index (χ3v) is 1.41. The topological polar surface area (TPSA) is 43.1 Å². The Kier molecular flexibility index (Phi) is 1.07. The van der Waals surface area contributed by atoms with Crippen molar-refractivity contribution in [2.75, 3.05) is 0 Å². The molecule has 10 heavy (non-hydrogen) atoms. The Morgan fingerprint density at radius 2 is 2.30 bits per heavy atom. The summed E-state index contributed by atoms with van der Waals surface area (Å²) in [6.45, 7) is 0. The smallest absolute Gasteiger partial charge is 0.217 e. The number of aromatic nitrogens is 4. The molecule has 0 spiro atoms. The van der Waals surface area contributed by atoms with Crippen molar-refractivity contribution < 1.29 is 0 Å². The SMILES string of the molecule is Clc1ncnc2ccnn12. The summed E-state index contributed by atoms with van der Waals surface area (Å²) >= 11 is 5.65. The molecule has 4 nitrogen and oxygen atoms in total. The van der Waals surface area contributed by atoms with E-state index in [1.54, 1.807) is 12.3 Å². The lowest BCUT2D eigenvalue weighted by Crippen LogP contribution is -1.93. The summed E-state index contributed by atoms with van der Waals surface area (Å²) in [5.74, 6) is 0. The van der Waals surface area contributed by atoms with Crippen molar-refractivity contribution in [2.24, 2.45) is 0 Å². The molecule has 2 aromatic heterocycles. The van der Waals surface area contributed by atoms with Crippen molar-refractivity contribution in [3.63, 3.8) is 0 Å². The van der Waals surface area contributed by atoms with E-state index < -0.39 is 0 Å². The maximum absolute atomic E-state index is 5.65. The molecule has 0 aliphatic heterocycles. The number of hydrogen-bond donors (Lipinski definition) is 0. The molecule has 0 saturated heterocycles. The van der Waals surface area contributed by atoms with Gasteiger partial charge < -0.3 is 0 Å². The molecule has 0 bridgehead atoms. The van der Waals surface area contributed by atoms with Gasteiger partial charge in [-0.15, -0.1) is 0 Å². The Labute approximate surface area is 61.5 Å². The van der Waals surface area contributed by atoms with Crippen LogP contribution in [0.3, 0.4) is 0 Å². The highest BCUT2D eigenvalue weighted by molar-refractivity contribution is 6.28. The fourth-order valence-electron chi connectivity index (χ4n) is 0.727. The Morgan fingerprint density at radius 3 is 3.10 bits per heavy atom. The monoisotopic (exact) mass is 154 g/mol. The van der Waals surface area contributed by atoms with Gasteiger partial charge in [-0.05, 0) is 11.6 Å². The predicted molar refractivity (Wildman–Crippen MR) is 35.8 cm³/mol. The molecular formula is C5H3ClN4. The Morgan fingerprint density at radius 1 is 1.40 bits per heavy atom. The number of rotatable bonds is 0. The first-order valence-corrected chi connectivity index (χ1v) is 3.06. The van der Waals surface area contributed by atoms with Gasteiger partial charge in [0, 0.05) is 6.07 Å². The molecule has 0 N–H and O–H groups in total. The summed E-state index contributed by atoms with van der Waals surface area (Å²) in [5, 5.41) is 4.21. The van der Waals surface area contributed by atoms with Crippen LogP contribution in [0.4, 0.5) is 0 Å². The van der Waals surface area contributed by atoms with Gasteiger partial charge in [-0.25, -0.2) is 9.97 Å². The Balaban J connectivity index is 2.95. The fraction of sp³-hybridized carbons (Fsp3) is 0. The second-order valence-corrected chi connectivity index (χ2v) is 2.08. The van der Waals surface area contributed by atoms with E-state index in [1.807, 2.05) is 0 Å². The van der Waals surface area contributed by atoms with Crippen molar-refractivity contribution in [3.05, 3.63) is 23.9 Å². The number of nitrogens with zero attached hydrogens (tertiary/aromatic N) is 4. The highest BCUT2D eigenvalue weighted by Crippen LogP contribution is 2.03. The number of fused-ring (bicyclic) bond motifs is 1. The van der Waals surface area contributed by atoms with Crippen LogP contribution < -0.4 is 0 Å². The zero-order valence-electron chi connectivity index (χ0n) is 4.90. The second-order valence-electron chi connectivity index (χ2n) is 1.74. The van der Waals surface area contributed by atoms with E-state index in [0.29, 0.717) is 10.9 Å². The summed E-state index contributed by atoms with van der Waals surface area (Å²) < 4.78 is 1.46. The molecular weight excluding hydrogens is 152 g/mol. The van der Waals surface area contributed by atoms with Gasteiger partial charge in [0.25, 0.3) is 0 Å². The highest BCUT2D eigenvalue weighted by atomic mass is 35.5. The third-order valence-electron chi connectivity index (χ3n) is 1.15. The fourth-order valence-corrected chi connectivity index (χ4v) is 0.901. The van der Waals surface area contributed by atoms with E-state index in [0.717, 1.165) is 0 Å². The molecule has 0 aromatic carbocycles. The van der Waals surface area contributed by atoms with Crippen LogP contribution in [0.2, 0.25) is 5.28 Å². The van der Waals surface area contributed by atoms with Gasteiger partial charge in [0.15, 0.2) is 5.65 Å². The molecule has 0 atom stereocenters. The van der Waals surface area contributed by atoms with Crippen molar-refractivity contribution in [2.45, 2.75) is 0 Å². The summed E-state index contributed by atoms with van der Waals surface area (Å²) in [6, 6.07) is 1.76. The van der Waals surface area contributed by atoms with Crippen LogP contribution in [0.5, 0.6) is 0 Å². The van der Waals surface area contributed by atoms with Crippen LogP contribution in [0.1, 0.15) is 0 Å². The maximum Gasteiger partial charge on any atom is 0.227 e. The highest BCUT2D eigenvalue weighted by Gasteiger charge is 1.97. The minimum atomic E-state index is 0.329.